The van der Waals surface area contributed by atoms with E-state index in [0.717, 1.165) is 25.7 Å². The Morgan fingerprint density at radius 2 is 2.06 bits per heavy atom. The zero-order valence-corrected chi connectivity index (χ0v) is 10.4. The number of hydrogen-bond donors (Lipinski definition) is 0. The van der Waals surface area contributed by atoms with Crippen LogP contribution in [0.25, 0.3) is 0 Å². The largest absolute Gasteiger partial charge is 0.295 e. The van der Waals surface area contributed by atoms with Crippen LogP contribution < -0.4 is 0 Å². The highest BCUT2D eigenvalue weighted by atomic mass is 16.6. The number of carbonyl (C=O) groups is 1. The van der Waals surface area contributed by atoms with Crippen molar-refractivity contribution in [2.24, 2.45) is 0 Å². The molecule has 0 fully saturated rings. The van der Waals surface area contributed by atoms with Gasteiger partial charge >= 0.3 is 0 Å². The molecule has 0 aromatic rings. The normalized spacial score (nSPS) is 13.6. The minimum absolute atomic E-state index is 0.0507. The van der Waals surface area contributed by atoms with E-state index in [1.165, 1.54) is 13.8 Å². The number of nitrogens with zero attached hydrogens (tertiary/aromatic N) is 1. The van der Waals surface area contributed by atoms with E-state index in [2.05, 4.69) is 6.92 Å². The first-order chi connectivity index (χ1) is 7.49. The first kappa shape index (κ1) is 14.8. The quantitative estimate of drug-likeness (QED) is 0.277. The van der Waals surface area contributed by atoms with Crippen LogP contribution in [0.15, 0.2) is 11.6 Å². The molecule has 0 rings (SSSR count). The lowest BCUT2D eigenvalue weighted by atomic mass is 10.0. The van der Waals surface area contributed by atoms with Crippen molar-refractivity contribution in [2.45, 2.75) is 58.9 Å². The highest BCUT2D eigenvalue weighted by Gasteiger charge is 2.17. The first-order valence-corrected chi connectivity index (χ1v) is 5.82. The van der Waals surface area contributed by atoms with Gasteiger partial charge in [-0.3, -0.25) is 14.9 Å². The molecule has 0 saturated carbocycles. The summed E-state index contributed by atoms with van der Waals surface area (Å²) >= 11 is 0. The van der Waals surface area contributed by atoms with Crippen molar-refractivity contribution in [1.29, 1.82) is 0 Å². The van der Waals surface area contributed by atoms with Gasteiger partial charge in [0.2, 0.25) is 6.04 Å². The number of unbranched alkanes of at least 4 members (excludes halogenated alkanes) is 3. The predicted octanol–water partition coefficient (Wildman–Crippen LogP) is 3.14. The molecule has 92 valence electrons. The Morgan fingerprint density at radius 1 is 1.44 bits per heavy atom. The summed E-state index contributed by atoms with van der Waals surface area (Å²) in [6, 6.07) is -0.679. The Kier molecular flexibility index (Phi) is 7.42. The lowest BCUT2D eigenvalue weighted by molar-refractivity contribution is -0.517. The number of rotatable bonds is 8. The lowest BCUT2D eigenvalue weighted by Crippen LogP contribution is -2.17. The van der Waals surface area contributed by atoms with Crippen LogP contribution in [0.2, 0.25) is 0 Å². The van der Waals surface area contributed by atoms with E-state index in [-0.39, 0.29) is 17.1 Å². The Balaban J connectivity index is 4.26. The van der Waals surface area contributed by atoms with Gasteiger partial charge in [-0.1, -0.05) is 25.8 Å². The highest BCUT2D eigenvalue weighted by molar-refractivity contribution is 5.93. The van der Waals surface area contributed by atoms with Crippen molar-refractivity contribution in [2.75, 3.05) is 0 Å². The molecule has 1 atom stereocenters. The van der Waals surface area contributed by atoms with Crippen LogP contribution in [0.4, 0.5) is 0 Å². The van der Waals surface area contributed by atoms with Crippen LogP contribution in [0.1, 0.15) is 52.9 Å². The third-order valence-electron chi connectivity index (χ3n) is 2.53. The molecule has 16 heavy (non-hydrogen) atoms. The van der Waals surface area contributed by atoms with Gasteiger partial charge in [-0.2, -0.15) is 0 Å². The van der Waals surface area contributed by atoms with Crippen molar-refractivity contribution in [3.63, 3.8) is 0 Å². The van der Waals surface area contributed by atoms with E-state index < -0.39 is 6.04 Å². The van der Waals surface area contributed by atoms with Gasteiger partial charge in [0.05, 0.1) is 0 Å². The molecule has 0 aliphatic rings. The molecule has 0 aromatic heterocycles. The number of Topliss-reactive ketones (excluding diaryl/α,β-unsaturated/α-hetero) is 1. The maximum atomic E-state index is 11.3. The molecule has 0 saturated heterocycles. The molecule has 0 aliphatic heterocycles. The molecular formula is C12H21NO3. The Bertz CT molecular complexity index is 271. The van der Waals surface area contributed by atoms with Gasteiger partial charge in [0, 0.05) is 18.3 Å². The molecule has 0 N–H and O–H groups in total. The van der Waals surface area contributed by atoms with Crippen molar-refractivity contribution >= 4 is 5.78 Å². The van der Waals surface area contributed by atoms with Gasteiger partial charge < -0.3 is 0 Å². The Labute approximate surface area is 96.9 Å². The third kappa shape index (κ3) is 6.32. The van der Waals surface area contributed by atoms with E-state index in [1.54, 1.807) is 0 Å². The Hall–Kier alpha value is -1.19. The number of ketones is 1. The summed E-state index contributed by atoms with van der Waals surface area (Å²) in [4.78, 5) is 21.4. The fourth-order valence-corrected chi connectivity index (χ4v) is 1.43. The topological polar surface area (TPSA) is 60.2 Å². The summed E-state index contributed by atoms with van der Waals surface area (Å²) in [6.45, 7) is 5.12. The summed E-state index contributed by atoms with van der Waals surface area (Å²) in [5, 5.41) is 10.5. The molecule has 1 unspecified atom stereocenters. The van der Waals surface area contributed by atoms with E-state index in [9.17, 15) is 14.9 Å². The summed E-state index contributed by atoms with van der Waals surface area (Å²) in [6.07, 6.45) is 6.25. The van der Waals surface area contributed by atoms with Crippen molar-refractivity contribution in [3.8, 4) is 0 Å². The maximum Gasteiger partial charge on any atom is 0.214 e. The fraction of sp³-hybridized carbons (Fsp3) is 0.750. The van der Waals surface area contributed by atoms with Crippen molar-refractivity contribution in [1.82, 2.24) is 0 Å². The van der Waals surface area contributed by atoms with Crippen LogP contribution in [0.5, 0.6) is 0 Å². The smallest absolute Gasteiger partial charge is 0.214 e. The SMILES string of the molecule is CCCCC/C=C(\CC(C)[N+](=O)[O-])C(C)=O. The molecule has 0 aromatic carbocycles. The average Bonchev–Trinajstić information content (AvgIpc) is 2.21. The first-order valence-electron chi connectivity index (χ1n) is 5.82. The van der Waals surface area contributed by atoms with Gasteiger partial charge in [0.15, 0.2) is 5.78 Å². The minimum atomic E-state index is -0.679. The van der Waals surface area contributed by atoms with Gasteiger partial charge in [-0.15, -0.1) is 0 Å². The summed E-state index contributed by atoms with van der Waals surface area (Å²) in [5.41, 5.74) is 0.598. The molecule has 4 nitrogen and oxygen atoms in total. The van der Waals surface area contributed by atoms with Crippen LogP contribution in [0.3, 0.4) is 0 Å². The molecule has 0 amide bonds. The number of nitro groups is 1. The second kappa shape index (κ2) is 8.02. The summed E-state index contributed by atoms with van der Waals surface area (Å²) in [5.74, 6) is -0.0507. The summed E-state index contributed by atoms with van der Waals surface area (Å²) < 4.78 is 0. The van der Waals surface area contributed by atoms with E-state index in [1.807, 2.05) is 6.08 Å². The van der Waals surface area contributed by atoms with E-state index >= 15 is 0 Å². The average molecular weight is 227 g/mol. The van der Waals surface area contributed by atoms with E-state index in [4.69, 9.17) is 0 Å². The van der Waals surface area contributed by atoms with Crippen LogP contribution in [0, 0.1) is 10.1 Å². The Morgan fingerprint density at radius 3 is 2.50 bits per heavy atom. The number of hydrogen-bond acceptors (Lipinski definition) is 3. The summed E-state index contributed by atoms with van der Waals surface area (Å²) in [7, 11) is 0. The number of allylic oxidation sites excluding steroid dienone is 1. The zero-order chi connectivity index (χ0) is 12.6. The van der Waals surface area contributed by atoms with Gasteiger partial charge in [-0.25, -0.2) is 0 Å². The van der Waals surface area contributed by atoms with Crippen molar-refractivity contribution in [3.05, 3.63) is 21.8 Å². The molecule has 0 radical (unpaired) electrons. The minimum Gasteiger partial charge on any atom is -0.295 e. The lowest BCUT2D eigenvalue weighted by Gasteiger charge is -2.05. The molecule has 0 spiro atoms. The fourth-order valence-electron chi connectivity index (χ4n) is 1.43. The zero-order valence-electron chi connectivity index (χ0n) is 10.4. The van der Waals surface area contributed by atoms with Crippen LogP contribution in [-0.4, -0.2) is 16.7 Å². The number of carbonyl (C=O) groups excluding carboxylic acids is 1. The van der Waals surface area contributed by atoms with Gasteiger partial charge in [-0.05, 0) is 25.3 Å². The van der Waals surface area contributed by atoms with Crippen molar-refractivity contribution < 1.29 is 9.72 Å². The van der Waals surface area contributed by atoms with Crippen LogP contribution in [-0.2, 0) is 4.79 Å². The standard InChI is InChI=1S/C12H21NO3/c1-4-5-6-7-8-12(11(3)14)9-10(2)13(15)16/h8,10H,4-7,9H2,1-3H3/b12-8+. The molecule has 0 aliphatic carbocycles. The van der Waals surface area contributed by atoms with E-state index in [0.29, 0.717) is 5.57 Å². The second-order valence-corrected chi connectivity index (χ2v) is 4.12. The maximum absolute atomic E-state index is 11.3. The molecule has 4 heteroatoms. The highest BCUT2D eigenvalue weighted by Crippen LogP contribution is 2.12. The molecule has 0 heterocycles. The predicted molar refractivity (Wildman–Crippen MR) is 64.0 cm³/mol. The third-order valence-corrected chi connectivity index (χ3v) is 2.53. The van der Waals surface area contributed by atoms with Crippen LogP contribution >= 0.6 is 0 Å². The molecular weight excluding hydrogens is 206 g/mol. The molecule has 0 bridgehead atoms. The monoisotopic (exact) mass is 227 g/mol. The van der Waals surface area contributed by atoms with Gasteiger partial charge in [0.25, 0.3) is 0 Å². The van der Waals surface area contributed by atoms with Gasteiger partial charge in [0.1, 0.15) is 0 Å². The second-order valence-electron chi connectivity index (χ2n) is 4.12.